The molecule has 1 aliphatic heterocycles. The molecule has 1 N–H and O–H groups in total. The van der Waals surface area contributed by atoms with Gasteiger partial charge in [-0.15, -0.1) is 0 Å². The van der Waals surface area contributed by atoms with Gasteiger partial charge in [0.1, 0.15) is 11.3 Å². The lowest BCUT2D eigenvalue weighted by atomic mass is 9.95. The Morgan fingerprint density at radius 1 is 1.06 bits per heavy atom. The highest BCUT2D eigenvalue weighted by molar-refractivity contribution is 5.95. The molecule has 0 radical (unpaired) electrons. The second-order valence-corrected chi connectivity index (χ2v) is 7.66. The normalized spacial score (nSPS) is 14.8. The molecule has 0 aliphatic carbocycles. The molecule has 1 aliphatic rings. The molecule has 2 aromatic heterocycles. The Bertz CT molecular complexity index is 1260. The third-order valence-electron chi connectivity index (χ3n) is 5.91. The van der Waals surface area contributed by atoms with E-state index in [9.17, 15) is 14.4 Å². The van der Waals surface area contributed by atoms with E-state index in [4.69, 9.17) is 9.47 Å². The number of nitrogens with one attached hydrogen (secondary N) is 1. The molecule has 3 heterocycles. The predicted molar refractivity (Wildman–Crippen MR) is 114 cm³/mol. The minimum absolute atomic E-state index is 0.0692. The molecule has 0 bridgehead atoms. The molecule has 0 unspecified atom stereocenters. The zero-order valence-electron chi connectivity index (χ0n) is 18.0. The highest BCUT2D eigenvalue weighted by Crippen LogP contribution is 2.30. The van der Waals surface area contributed by atoms with Crippen molar-refractivity contribution in [2.24, 2.45) is 14.1 Å². The number of hydrogen-bond acceptors (Lipinski definition) is 6. The van der Waals surface area contributed by atoms with Crippen LogP contribution in [0.15, 0.2) is 27.8 Å². The molecule has 0 saturated carbocycles. The number of aromatic nitrogens is 4. The highest BCUT2D eigenvalue weighted by atomic mass is 16.5. The molecule has 0 atom stereocenters. The average molecular weight is 427 g/mol. The average Bonchev–Trinajstić information content (AvgIpc) is 3.26. The number of ether oxygens (including phenoxy) is 2. The van der Waals surface area contributed by atoms with Crippen molar-refractivity contribution in [1.29, 1.82) is 0 Å². The summed E-state index contributed by atoms with van der Waals surface area (Å²) in [5, 5.41) is 0. The Morgan fingerprint density at radius 3 is 2.39 bits per heavy atom. The van der Waals surface area contributed by atoms with Crippen LogP contribution in [-0.2, 0) is 14.1 Å². The zero-order chi connectivity index (χ0) is 22.3. The maximum Gasteiger partial charge on any atom is 0.332 e. The van der Waals surface area contributed by atoms with Gasteiger partial charge in [-0.1, -0.05) is 0 Å². The third kappa shape index (κ3) is 3.47. The number of nitrogens with zero attached hydrogens (tertiary/aromatic N) is 4. The van der Waals surface area contributed by atoms with E-state index in [1.165, 1.54) is 18.7 Å². The maximum absolute atomic E-state index is 12.9. The van der Waals surface area contributed by atoms with Crippen LogP contribution in [0, 0.1) is 0 Å². The number of H-pyrrole nitrogens is 1. The monoisotopic (exact) mass is 427 g/mol. The van der Waals surface area contributed by atoms with Crippen LogP contribution in [-0.4, -0.2) is 57.2 Å². The van der Waals surface area contributed by atoms with Gasteiger partial charge >= 0.3 is 5.69 Å². The number of fused-ring (bicyclic) bond motifs is 1. The first kappa shape index (κ1) is 20.7. The Labute approximate surface area is 178 Å². The smallest absolute Gasteiger partial charge is 0.332 e. The molecule has 0 spiro atoms. The van der Waals surface area contributed by atoms with E-state index in [1.807, 2.05) is 0 Å². The molecule has 1 amide bonds. The van der Waals surface area contributed by atoms with Gasteiger partial charge in [0, 0.05) is 38.7 Å². The number of carbonyl (C=O) groups is 1. The van der Waals surface area contributed by atoms with Crippen molar-refractivity contribution >= 4 is 17.1 Å². The molecule has 1 aromatic carbocycles. The third-order valence-corrected chi connectivity index (χ3v) is 5.91. The molecule has 10 nitrogen and oxygen atoms in total. The minimum atomic E-state index is -0.411. The predicted octanol–water partition coefficient (Wildman–Crippen LogP) is 0.997. The molecule has 1 saturated heterocycles. The number of amides is 1. The number of likely N-dealkylation sites (tertiary alicyclic amines) is 1. The van der Waals surface area contributed by atoms with E-state index in [2.05, 4.69) is 9.97 Å². The van der Waals surface area contributed by atoms with Crippen LogP contribution in [0.5, 0.6) is 11.5 Å². The van der Waals surface area contributed by atoms with Gasteiger partial charge in [-0.3, -0.25) is 18.7 Å². The summed E-state index contributed by atoms with van der Waals surface area (Å²) < 4.78 is 13.0. The van der Waals surface area contributed by atoms with Crippen LogP contribution < -0.4 is 20.7 Å². The van der Waals surface area contributed by atoms with Gasteiger partial charge in [0.2, 0.25) is 0 Å². The number of imidazole rings is 1. The first-order valence-corrected chi connectivity index (χ1v) is 10.0. The molecule has 1 fully saturated rings. The lowest BCUT2D eigenvalue weighted by molar-refractivity contribution is 0.0711. The van der Waals surface area contributed by atoms with Gasteiger partial charge < -0.3 is 19.4 Å². The number of benzene rings is 1. The van der Waals surface area contributed by atoms with Crippen molar-refractivity contribution in [2.45, 2.75) is 18.8 Å². The standard InChI is InChI=1S/C21H25N5O5/c1-24-18-16(20(28)25(2)21(24)29)22-17(23-18)12-7-9-26(10-8-12)19(27)13-5-6-14(30-3)15(11-13)31-4/h5-6,11-12H,7-10H2,1-4H3,(H,22,23). The van der Waals surface area contributed by atoms with Crippen molar-refractivity contribution in [3.05, 3.63) is 50.4 Å². The van der Waals surface area contributed by atoms with Crippen molar-refractivity contribution in [3.8, 4) is 11.5 Å². The fraction of sp³-hybridized carbons (Fsp3) is 0.429. The summed E-state index contributed by atoms with van der Waals surface area (Å²) in [6.45, 7) is 1.12. The fourth-order valence-corrected chi connectivity index (χ4v) is 4.05. The quantitative estimate of drug-likeness (QED) is 0.665. The van der Waals surface area contributed by atoms with Gasteiger partial charge in [-0.25, -0.2) is 9.78 Å². The summed E-state index contributed by atoms with van der Waals surface area (Å²) in [6.07, 6.45) is 1.40. The molecule has 164 valence electrons. The number of carbonyl (C=O) groups excluding carboxylic acids is 1. The van der Waals surface area contributed by atoms with Gasteiger partial charge in [-0.05, 0) is 31.0 Å². The Kier molecular flexibility index (Phi) is 5.30. The van der Waals surface area contributed by atoms with Crippen molar-refractivity contribution in [2.75, 3.05) is 27.3 Å². The Morgan fingerprint density at radius 2 is 1.74 bits per heavy atom. The van der Waals surface area contributed by atoms with Gasteiger partial charge in [-0.2, -0.15) is 0 Å². The summed E-state index contributed by atoms with van der Waals surface area (Å²) in [5.41, 5.74) is 0.414. The van der Waals surface area contributed by atoms with E-state index in [1.54, 1.807) is 37.3 Å². The van der Waals surface area contributed by atoms with Crippen molar-refractivity contribution < 1.29 is 14.3 Å². The van der Waals surface area contributed by atoms with Gasteiger partial charge in [0.25, 0.3) is 11.5 Å². The van der Waals surface area contributed by atoms with Crippen LogP contribution in [0.1, 0.15) is 34.9 Å². The van der Waals surface area contributed by atoms with E-state index in [0.29, 0.717) is 60.0 Å². The van der Waals surface area contributed by atoms with Crippen molar-refractivity contribution in [1.82, 2.24) is 24.0 Å². The molecular weight excluding hydrogens is 402 g/mol. The summed E-state index contributed by atoms with van der Waals surface area (Å²) in [4.78, 5) is 46.9. The summed E-state index contributed by atoms with van der Waals surface area (Å²) in [6, 6.07) is 5.13. The SMILES string of the molecule is COc1ccc(C(=O)N2CCC(c3nc4c([nH]3)c(=O)n(C)c(=O)n4C)CC2)cc1OC. The lowest BCUT2D eigenvalue weighted by Gasteiger charge is -2.31. The number of rotatable bonds is 4. The van der Waals surface area contributed by atoms with E-state index < -0.39 is 11.2 Å². The van der Waals surface area contributed by atoms with Gasteiger partial charge in [0.15, 0.2) is 17.1 Å². The molecule has 31 heavy (non-hydrogen) atoms. The highest BCUT2D eigenvalue weighted by Gasteiger charge is 2.28. The zero-order valence-corrected chi connectivity index (χ0v) is 18.0. The molecular formula is C21H25N5O5. The van der Waals surface area contributed by atoms with E-state index in [-0.39, 0.29) is 11.8 Å². The molecule has 10 heteroatoms. The topological polar surface area (TPSA) is 111 Å². The Hall–Kier alpha value is -3.56. The number of piperidine rings is 1. The van der Waals surface area contributed by atoms with E-state index >= 15 is 0 Å². The summed E-state index contributed by atoms with van der Waals surface area (Å²) >= 11 is 0. The molecule has 4 rings (SSSR count). The first-order valence-electron chi connectivity index (χ1n) is 10.0. The lowest BCUT2D eigenvalue weighted by Crippen LogP contribution is -2.38. The van der Waals surface area contributed by atoms with Crippen LogP contribution in [0.3, 0.4) is 0 Å². The largest absolute Gasteiger partial charge is 0.493 e. The van der Waals surface area contributed by atoms with Crippen LogP contribution in [0.2, 0.25) is 0 Å². The Balaban J connectivity index is 1.52. The summed E-state index contributed by atoms with van der Waals surface area (Å²) in [5.74, 6) is 1.76. The van der Waals surface area contributed by atoms with E-state index in [0.717, 1.165) is 4.57 Å². The van der Waals surface area contributed by atoms with Gasteiger partial charge in [0.05, 0.1) is 14.2 Å². The van der Waals surface area contributed by atoms with Crippen LogP contribution in [0.4, 0.5) is 0 Å². The van der Waals surface area contributed by atoms with Crippen LogP contribution >= 0.6 is 0 Å². The number of aryl methyl sites for hydroxylation is 1. The second-order valence-electron chi connectivity index (χ2n) is 7.66. The fourth-order valence-electron chi connectivity index (χ4n) is 4.05. The molecule has 3 aromatic rings. The summed E-state index contributed by atoms with van der Waals surface area (Å²) in [7, 11) is 6.13. The number of aromatic amines is 1. The maximum atomic E-state index is 12.9. The van der Waals surface area contributed by atoms with Crippen molar-refractivity contribution in [3.63, 3.8) is 0 Å². The second kappa shape index (κ2) is 7.93. The number of hydrogen-bond donors (Lipinski definition) is 1. The van der Waals surface area contributed by atoms with Crippen LogP contribution in [0.25, 0.3) is 11.2 Å². The number of methoxy groups -OCH3 is 2. The minimum Gasteiger partial charge on any atom is -0.493 e. The first-order chi connectivity index (χ1) is 14.8.